The average molecular weight is 342 g/mol. The van der Waals surface area contributed by atoms with Gasteiger partial charge in [0.2, 0.25) is 0 Å². The molecule has 2 heterocycles. The van der Waals surface area contributed by atoms with Crippen LogP contribution in [-0.4, -0.2) is 67.1 Å². The van der Waals surface area contributed by atoms with Crippen molar-refractivity contribution in [2.45, 2.75) is 18.6 Å². The number of likely N-dealkylation sites (N-methyl/N-ethyl adjacent to an activating group) is 2. The lowest BCUT2D eigenvalue weighted by Crippen LogP contribution is -2.39. The van der Waals surface area contributed by atoms with Crippen molar-refractivity contribution in [2.75, 3.05) is 34.3 Å². The van der Waals surface area contributed by atoms with Gasteiger partial charge in [0.15, 0.2) is 0 Å². The normalized spacial score (nSPS) is 23.0. The second kappa shape index (κ2) is 6.65. The minimum absolute atomic E-state index is 0.00642. The van der Waals surface area contributed by atoms with Crippen LogP contribution in [0.5, 0.6) is 0 Å². The van der Waals surface area contributed by atoms with Gasteiger partial charge in [-0.05, 0) is 35.5 Å². The lowest BCUT2D eigenvalue weighted by molar-refractivity contribution is 0.0759. The Bertz CT molecular complexity index is 483. The Balaban J connectivity index is 1.98. The van der Waals surface area contributed by atoms with Gasteiger partial charge < -0.3 is 9.64 Å². The molecule has 110 valence electrons. The van der Waals surface area contributed by atoms with E-state index in [2.05, 4.69) is 32.9 Å². The van der Waals surface area contributed by atoms with E-state index in [9.17, 15) is 4.79 Å². The first-order valence-electron chi connectivity index (χ1n) is 6.60. The molecule has 1 aromatic heterocycles. The summed E-state index contributed by atoms with van der Waals surface area (Å²) in [6.45, 7) is 1.61. The first kappa shape index (κ1) is 15.4. The van der Waals surface area contributed by atoms with Crippen molar-refractivity contribution in [1.82, 2.24) is 14.8 Å². The van der Waals surface area contributed by atoms with Crippen molar-refractivity contribution in [3.63, 3.8) is 0 Å². The maximum atomic E-state index is 12.4. The summed E-state index contributed by atoms with van der Waals surface area (Å²) < 4.78 is 6.21. The molecular weight excluding hydrogens is 322 g/mol. The smallest absolute Gasteiger partial charge is 0.255 e. The molecule has 0 N–H and O–H groups in total. The molecule has 0 bridgehead atoms. The van der Waals surface area contributed by atoms with Crippen molar-refractivity contribution >= 4 is 21.8 Å². The first-order valence-corrected chi connectivity index (χ1v) is 7.39. The fraction of sp³-hybridized carbons (Fsp3) is 0.571. The number of likely N-dealkylation sites (tertiary alicyclic amines) is 1. The molecule has 0 unspecified atom stereocenters. The van der Waals surface area contributed by atoms with Crippen LogP contribution in [0.1, 0.15) is 16.8 Å². The molecule has 0 spiro atoms. The van der Waals surface area contributed by atoms with Crippen LogP contribution in [0.3, 0.4) is 0 Å². The van der Waals surface area contributed by atoms with Gasteiger partial charge in [-0.3, -0.25) is 14.7 Å². The fourth-order valence-electron chi connectivity index (χ4n) is 2.56. The van der Waals surface area contributed by atoms with Crippen molar-refractivity contribution in [3.05, 3.63) is 28.5 Å². The van der Waals surface area contributed by atoms with E-state index in [-0.39, 0.29) is 12.0 Å². The molecule has 2 atom stereocenters. The lowest BCUT2D eigenvalue weighted by atomic mass is 10.1. The minimum Gasteiger partial charge on any atom is -0.380 e. The predicted molar refractivity (Wildman–Crippen MR) is 80.7 cm³/mol. The number of rotatable bonds is 4. The van der Waals surface area contributed by atoms with E-state index in [0.717, 1.165) is 17.4 Å². The summed E-state index contributed by atoms with van der Waals surface area (Å²) in [5.41, 5.74) is 0.603. The number of halogens is 1. The summed E-state index contributed by atoms with van der Waals surface area (Å²) in [7, 11) is 5.64. The monoisotopic (exact) mass is 341 g/mol. The molecule has 5 nitrogen and oxygen atoms in total. The van der Waals surface area contributed by atoms with Crippen LogP contribution < -0.4 is 0 Å². The van der Waals surface area contributed by atoms with Crippen LogP contribution in [0.15, 0.2) is 22.9 Å². The number of pyridine rings is 1. The zero-order valence-electron chi connectivity index (χ0n) is 12.0. The zero-order valence-corrected chi connectivity index (χ0v) is 13.6. The van der Waals surface area contributed by atoms with Crippen LogP contribution >= 0.6 is 15.9 Å². The number of carbonyl (C=O) groups excluding carboxylic acids is 1. The highest BCUT2D eigenvalue weighted by molar-refractivity contribution is 9.10. The Kier molecular flexibility index (Phi) is 5.12. The largest absolute Gasteiger partial charge is 0.380 e. The quantitative estimate of drug-likeness (QED) is 0.835. The van der Waals surface area contributed by atoms with E-state index < -0.39 is 0 Å². The molecule has 0 aromatic carbocycles. The van der Waals surface area contributed by atoms with Gasteiger partial charge in [-0.1, -0.05) is 0 Å². The van der Waals surface area contributed by atoms with Gasteiger partial charge in [0.25, 0.3) is 5.91 Å². The summed E-state index contributed by atoms with van der Waals surface area (Å²) >= 11 is 3.34. The number of hydrogen-bond acceptors (Lipinski definition) is 4. The first-order chi connectivity index (χ1) is 9.51. The van der Waals surface area contributed by atoms with Crippen molar-refractivity contribution in [2.24, 2.45) is 0 Å². The molecule has 1 amide bonds. The molecule has 20 heavy (non-hydrogen) atoms. The predicted octanol–water partition coefficient (Wildman–Crippen LogP) is 1.64. The summed E-state index contributed by atoms with van der Waals surface area (Å²) in [6.07, 6.45) is 4.49. The molecule has 0 radical (unpaired) electrons. The van der Waals surface area contributed by atoms with Crippen LogP contribution in [0, 0.1) is 0 Å². The topological polar surface area (TPSA) is 45.7 Å². The average Bonchev–Trinajstić information content (AvgIpc) is 2.78. The minimum atomic E-state index is -0.00642. The third-order valence-corrected chi connectivity index (χ3v) is 4.20. The summed E-state index contributed by atoms with van der Waals surface area (Å²) in [6, 6.07) is 2.14. The van der Waals surface area contributed by atoms with E-state index in [1.807, 2.05) is 7.05 Å². The molecule has 6 heteroatoms. The number of hydrogen-bond donors (Lipinski definition) is 0. The highest BCUT2D eigenvalue weighted by Crippen LogP contribution is 2.19. The number of amides is 1. The van der Waals surface area contributed by atoms with Gasteiger partial charge >= 0.3 is 0 Å². The van der Waals surface area contributed by atoms with Gasteiger partial charge in [0.1, 0.15) is 0 Å². The maximum Gasteiger partial charge on any atom is 0.255 e. The highest BCUT2D eigenvalue weighted by Gasteiger charge is 2.31. The van der Waals surface area contributed by atoms with Crippen LogP contribution in [0.2, 0.25) is 0 Å². The second-order valence-corrected chi connectivity index (χ2v) is 6.18. The fourth-order valence-corrected chi connectivity index (χ4v) is 2.93. The van der Waals surface area contributed by atoms with E-state index in [1.165, 1.54) is 0 Å². The molecule has 1 aromatic rings. The standard InChI is InChI=1S/C14H20BrN3O2/c1-17-9-13(20-3)5-12(17)8-18(2)14(19)10-4-11(15)7-16-6-10/h4,6-7,12-13H,5,8-9H2,1-3H3/t12-,13-/m0/s1. The Morgan fingerprint density at radius 1 is 1.60 bits per heavy atom. The van der Waals surface area contributed by atoms with Crippen molar-refractivity contribution in [3.8, 4) is 0 Å². The van der Waals surface area contributed by atoms with Gasteiger partial charge in [-0.25, -0.2) is 0 Å². The zero-order chi connectivity index (χ0) is 14.7. The van der Waals surface area contributed by atoms with Crippen molar-refractivity contribution in [1.29, 1.82) is 0 Å². The molecular formula is C14H20BrN3O2. The van der Waals surface area contributed by atoms with Crippen LogP contribution in [-0.2, 0) is 4.74 Å². The van der Waals surface area contributed by atoms with E-state index >= 15 is 0 Å². The van der Waals surface area contributed by atoms with E-state index in [4.69, 9.17) is 4.74 Å². The number of nitrogens with zero attached hydrogens (tertiary/aromatic N) is 3. The molecule has 0 saturated carbocycles. The number of aromatic nitrogens is 1. The molecule has 1 fully saturated rings. The van der Waals surface area contributed by atoms with Gasteiger partial charge in [0.05, 0.1) is 11.7 Å². The Morgan fingerprint density at radius 2 is 2.35 bits per heavy atom. The Morgan fingerprint density at radius 3 is 2.95 bits per heavy atom. The molecule has 1 saturated heterocycles. The van der Waals surface area contributed by atoms with E-state index in [1.54, 1.807) is 30.5 Å². The van der Waals surface area contributed by atoms with E-state index in [0.29, 0.717) is 18.2 Å². The Labute approximate surface area is 128 Å². The maximum absolute atomic E-state index is 12.4. The summed E-state index contributed by atoms with van der Waals surface area (Å²) in [5, 5.41) is 0. The Hall–Kier alpha value is -0.980. The van der Waals surface area contributed by atoms with Gasteiger partial charge in [-0.15, -0.1) is 0 Å². The summed E-state index contributed by atoms with van der Waals surface area (Å²) in [4.78, 5) is 20.4. The van der Waals surface area contributed by atoms with Crippen LogP contribution in [0.4, 0.5) is 0 Å². The molecule has 2 rings (SSSR count). The number of ether oxygens (including phenoxy) is 1. The third-order valence-electron chi connectivity index (χ3n) is 3.77. The third kappa shape index (κ3) is 3.56. The second-order valence-electron chi connectivity index (χ2n) is 5.26. The summed E-state index contributed by atoms with van der Waals surface area (Å²) in [5.74, 6) is -0.00642. The molecule has 1 aliphatic heterocycles. The SMILES string of the molecule is CO[C@H]1C[C@@H](CN(C)C(=O)c2cncc(Br)c2)N(C)C1. The molecule has 0 aliphatic carbocycles. The molecule has 1 aliphatic rings. The number of methoxy groups -OCH3 is 1. The van der Waals surface area contributed by atoms with Gasteiger partial charge in [-0.2, -0.15) is 0 Å². The van der Waals surface area contributed by atoms with Crippen LogP contribution in [0.25, 0.3) is 0 Å². The highest BCUT2D eigenvalue weighted by atomic mass is 79.9. The van der Waals surface area contributed by atoms with Crippen molar-refractivity contribution < 1.29 is 9.53 Å². The number of carbonyl (C=O) groups is 1. The lowest BCUT2D eigenvalue weighted by Gasteiger charge is -2.25. The van der Waals surface area contributed by atoms with Gasteiger partial charge in [0, 0.05) is 50.2 Å².